The number of fused-ring (bicyclic) bond motifs is 1. The van der Waals surface area contributed by atoms with Crippen LogP contribution in [0.3, 0.4) is 0 Å². The van der Waals surface area contributed by atoms with Crippen molar-refractivity contribution in [3.8, 4) is 0 Å². The van der Waals surface area contributed by atoms with Crippen molar-refractivity contribution in [1.29, 1.82) is 0 Å². The van der Waals surface area contributed by atoms with Gasteiger partial charge in [-0.2, -0.15) is 13.2 Å². The smallest absolute Gasteiger partial charge is 0.417 e. The minimum atomic E-state index is -4.30. The van der Waals surface area contributed by atoms with Crippen LogP contribution >= 0.6 is 11.3 Å². The lowest BCUT2D eigenvalue weighted by Gasteiger charge is -2.33. The van der Waals surface area contributed by atoms with E-state index in [1.807, 2.05) is 0 Å². The Bertz CT molecular complexity index is 560. The molecule has 1 unspecified atom stereocenters. The first-order chi connectivity index (χ1) is 9.99. The van der Waals surface area contributed by atoms with Gasteiger partial charge >= 0.3 is 12.3 Å². The van der Waals surface area contributed by atoms with Crippen molar-refractivity contribution in [3.05, 3.63) is 21.4 Å². The standard InChI is InChI=1S/C15H20F3NO2S/c1-14(2,3)21-13(20)19(4)9-5-6-10-11(15(16,17)18)8-22-12(10)7-9/h8-9H,5-7H2,1-4H3. The zero-order chi connectivity index (χ0) is 16.7. The number of carbonyl (C=O) groups is 1. The van der Waals surface area contributed by atoms with Crippen molar-refractivity contribution in [2.75, 3.05) is 7.05 Å². The number of hydrogen-bond acceptors (Lipinski definition) is 3. The number of alkyl halides is 3. The number of nitrogens with zero attached hydrogens (tertiary/aromatic N) is 1. The number of thiophene rings is 1. The summed E-state index contributed by atoms with van der Waals surface area (Å²) >= 11 is 1.13. The summed E-state index contributed by atoms with van der Waals surface area (Å²) in [5, 5.41) is 1.18. The van der Waals surface area contributed by atoms with E-state index in [9.17, 15) is 18.0 Å². The molecule has 3 nitrogen and oxygen atoms in total. The van der Waals surface area contributed by atoms with Gasteiger partial charge in [-0.1, -0.05) is 0 Å². The molecule has 0 spiro atoms. The molecule has 124 valence electrons. The van der Waals surface area contributed by atoms with Crippen LogP contribution < -0.4 is 0 Å². The molecule has 0 saturated heterocycles. The van der Waals surface area contributed by atoms with Gasteiger partial charge in [0.1, 0.15) is 5.60 Å². The van der Waals surface area contributed by atoms with Crippen molar-refractivity contribution >= 4 is 17.4 Å². The van der Waals surface area contributed by atoms with Gasteiger partial charge in [0.15, 0.2) is 0 Å². The minimum Gasteiger partial charge on any atom is -0.444 e. The van der Waals surface area contributed by atoms with Crippen LogP contribution in [0.2, 0.25) is 0 Å². The average molecular weight is 335 g/mol. The van der Waals surface area contributed by atoms with Crippen molar-refractivity contribution in [2.24, 2.45) is 0 Å². The predicted molar refractivity (Wildman–Crippen MR) is 79.1 cm³/mol. The van der Waals surface area contributed by atoms with Gasteiger partial charge in [0.2, 0.25) is 0 Å². The number of carbonyl (C=O) groups excluding carboxylic acids is 1. The highest BCUT2D eigenvalue weighted by molar-refractivity contribution is 7.10. The Hall–Kier alpha value is -1.24. The second-order valence-corrected chi connectivity index (χ2v) is 7.50. The summed E-state index contributed by atoms with van der Waals surface area (Å²) in [5.41, 5.74) is -0.713. The molecule has 1 aromatic heterocycles. The Kier molecular flexibility index (Phi) is 4.48. The lowest BCUT2D eigenvalue weighted by Crippen LogP contribution is -2.43. The van der Waals surface area contributed by atoms with Gasteiger partial charge in [-0.3, -0.25) is 0 Å². The fourth-order valence-electron chi connectivity index (χ4n) is 2.55. The molecule has 0 radical (unpaired) electrons. The van der Waals surface area contributed by atoms with Crippen LogP contribution in [0.25, 0.3) is 0 Å². The maximum absolute atomic E-state index is 12.9. The number of likely N-dealkylation sites (N-methyl/N-ethyl adjacent to an activating group) is 1. The Morgan fingerprint density at radius 1 is 1.36 bits per heavy atom. The van der Waals surface area contributed by atoms with E-state index >= 15 is 0 Å². The number of hydrogen-bond donors (Lipinski definition) is 0. The largest absolute Gasteiger partial charge is 0.444 e. The first kappa shape index (κ1) is 17.1. The Morgan fingerprint density at radius 2 is 2.00 bits per heavy atom. The minimum absolute atomic E-state index is 0.123. The van der Waals surface area contributed by atoms with Crippen molar-refractivity contribution in [1.82, 2.24) is 4.90 Å². The molecule has 1 amide bonds. The Balaban J connectivity index is 2.10. The molecular weight excluding hydrogens is 315 g/mol. The normalized spacial score (nSPS) is 18.8. The van der Waals surface area contributed by atoms with E-state index in [-0.39, 0.29) is 6.04 Å². The summed E-state index contributed by atoms with van der Waals surface area (Å²) < 4.78 is 44.0. The second kappa shape index (κ2) is 5.76. The van der Waals surface area contributed by atoms with Gasteiger partial charge in [-0.05, 0) is 39.2 Å². The molecule has 1 aromatic rings. The third-order valence-corrected chi connectivity index (χ3v) is 4.72. The second-order valence-electron chi connectivity index (χ2n) is 6.54. The molecule has 7 heteroatoms. The van der Waals surface area contributed by atoms with Gasteiger partial charge in [-0.25, -0.2) is 4.79 Å². The molecule has 0 bridgehead atoms. The van der Waals surface area contributed by atoms with E-state index in [0.717, 1.165) is 16.2 Å². The summed E-state index contributed by atoms with van der Waals surface area (Å²) in [6.45, 7) is 5.35. The van der Waals surface area contributed by atoms with Gasteiger partial charge in [0.05, 0.1) is 5.56 Å². The first-order valence-electron chi connectivity index (χ1n) is 7.11. The van der Waals surface area contributed by atoms with E-state index in [2.05, 4.69) is 0 Å². The summed E-state index contributed by atoms with van der Waals surface area (Å²) in [6, 6.07) is -0.123. The van der Waals surface area contributed by atoms with Crippen LogP contribution in [0.5, 0.6) is 0 Å². The Morgan fingerprint density at radius 3 is 2.55 bits per heavy atom. The van der Waals surface area contributed by atoms with E-state index in [1.165, 1.54) is 10.3 Å². The summed E-state index contributed by atoms with van der Waals surface area (Å²) in [5.74, 6) is 0. The Labute approximate surface area is 132 Å². The molecule has 0 fully saturated rings. The lowest BCUT2D eigenvalue weighted by atomic mass is 9.91. The maximum atomic E-state index is 12.9. The van der Waals surface area contributed by atoms with E-state index in [0.29, 0.717) is 24.8 Å². The number of ether oxygens (including phenoxy) is 1. The molecule has 1 aliphatic rings. The lowest BCUT2D eigenvalue weighted by molar-refractivity contribution is -0.138. The molecule has 22 heavy (non-hydrogen) atoms. The first-order valence-corrected chi connectivity index (χ1v) is 7.99. The van der Waals surface area contributed by atoms with Crippen LogP contribution in [0, 0.1) is 0 Å². The molecule has 0 N–H and O–H groups in total. The number of rotatable bonds is 1. The van der Waals surface area contributed by atoms with E-state index in [4.69, 9.17) is 4.74 Å². The highest BCUT2D eigenvalue weighted by Gasteiger charge is 2.38. The number of amides is 1. The fourth-order valence-corrected chi connectivity index (χ4v) is 3.73. The third-order valence-electron chi connectivity index (χ3n) is 3.66. The van der Waals surface area contributed by atoms with Gasteiger partial charge in [-0.15, -0.1) is 11.3 Å². The highest BCUT2D eigenvalue weighted by atomic mass is 32.1. The SMILES string of the molecule is CN(C(=O)OC(C)(C)C)C1CCc2c(C(F)(F)F)csc2C1. The van der Waals surface area contributed by atoms with Crippen molar-refractivity contribution in [2.45, 2.75) is 57.9 Å². The van der Waals surface area contributed by atoms with Crippen LogP contribution in [0.1, 0.15) is 43.2 Å². The average Bonchev–Trinajstić information content (AvgIpc) is 2.78. The van der Waals surface area contributed by atoms with Crippen LogP contribution in [0.4, 0.5) is 18.0 Å². The summed E-state index contributed by atoms with van der Waals surface area (Å²) in [6.07, 6.45) is -3.43. The van der Waals surface area contributed by atoms with Crippen molar-refractivity contribution < 1.29 is 22.7 Å². The van der Waals surface area contributed by atoms with Gasteiger partial charge in [0, 0.05) is 29.8 Å². The summed E-state index contributed by atoms with van der Waals surface area (Å²) in [4.78, 5) is 14.3. The molecule has 0 aliphatic heterocycles. The zero-order valence-electron chi connectivity index (χ0n) is 13.1. The van der Waals surface area contributed by atoms with Crippen LogP contribution in [-0.2, 0) is 23.8 Å². The quantitative estimate of drug-likeness (QED) is 0.757. The summed E-state index contributed by atoms with van der Waals surface area (Å²) in [7, 11) is 1.64. The molecular formula is C15H20F3NO2S. The van der Waals surface area contributed by atoms with E-state index < -0.39 is 23.4 Å². The molecule has 0 saturated carbocycles. The fraction of sp³-hybridized carbons (Fsp3) is 0.667. The maximum Gasteiger partial charge on any atom is 0.417 e. The zero-order valence-corrected chi connectivity index (χ0v) is 13.9. The molecule has 1 aliphatic carbocycles. The van der Waals surface area contributed by atoms with Crippen molar-refractivity contribution in [3.63, 3.8) is 0 Å². The topological polar surface area (TPSA) is 29.5 Å². The van der Waals surface area contributed by atoms with Gasteiger partial charge in [0.25, 0.3) is 0 Å². The predicted octanol–water partition coefficient (Wildman–Crippen LogP) is 4.49. The third kappa shape index (κ3) is 3.74. The molecule has 1 atom stereocenters. The molecule has 1 heterocycles. The monoisotopic (exact) mass is 335 g/mol. The van der Waals surface area contributed by atoms with Gasteiger partial charge < -0.3 is 9.64 Å². The van der Waals surface area contributed by atoms with Crippen LogP contribution in [0.15, 0.2) is 5.38 Å². The highest BCUT2D eigenvalue weighted by Crippen LogP contribution is 2.40. The molecule has 0 aromatic carbocycles. The van der Waals surface area contributed by atoms with E-state index in [1.54, 1.807) is 27.8 Å². The molecule has 2 rings (SSSR count). The van der Waals surface area contributed by atoms with Crippen LogP contribution in [-0.4, -0.2) is 29.7 Å². The number of halogens is 3.